The minimum Gasteiger partial charge on any atom is -0.321 e. The van der Waals surface area contributed by atoms with Crippen LogP contribution in [0.1, 0.15) is 16.7 Å². The highest BCUT2D eigenvalue weighted by molar-refractivity contribution is 7.70. The summed E-state index contributed by atoms with van der Waals surface area (Å²) < 4.78 is 12.6. The number of hydrogen-bond acceptors (Lipinski definition) is 2. The predicted octanol–water partition coefficient (Wildman–Crippen LogP) is 5.40. The van der Waals surface area contributed by atoms with Crippen molar-refractivity contribution in [3.63, 3.8) is 0 Å². The first-order valence-electron chi connectivity index (χ1n) is 9.22. The molecular weight excluding hydrogens is 365 g/mol. The smallest absolute Gasteiger partial charge is 0.256 e. The van der Waals surface area contributed by atoms with Gasteiger partial charge in [-0.3, -0.25) is 4.79 Å². The minimum absolute atomic E-state index is 0.112. The highest BCUT2D eigenvalue weighted by Gasteiger charge is 2.24. The normalized spacial score (nSPS) is 14.8. The van der Waals surface area contributed by atoms with E-state index in [-0.39, 0.29) is 5.91 Å². The quantitative estimate of drug-likeness (QED) is 0.483. The molecule has 3 aromatic rings. The number of rotatable bonds is 3. The van der Waals surface area contributed by atoms with Crippen molar-refractivity contribution in [3.05, 3.63) is 83.4 Å². The lowest BCUT2D eigenvalue weighted by Gasteiger charge is -2.11. The summed E-state index contributed by atoms with van der Waals surface area (Å²) in [6.07, 6.45) is 1.88. The fourth-order valence-corrected chi connectivity index (χ4v) is 4.99. The third-order valence-electron chi connectivity index (χ3n) is 5.03. The van der Waals surface area contributed by atoms with Crippen LogP contribution in [0.5, 0.6) is 0 Å². The van der Waals surface area contributed by atoms with Crippen molar-refractivity contribution in [2.75, 3.05) is 18.6 Å². The van der Waals surface area contributed by atoms with Gasteiger partial charge in [-0.2, -0.15) is 0 Å². The molecule has 0 fully saturated rings. The Bertz CT molecular complexity index is 1160. The highest BCUT2D eigenvalue weighted by Crippen LogP contribution is 2.38. The molecule has 0 saturated carbocycles. The van der Waals surface area contributed by atoms with Gasteiger partial charge >= 0.3 is 0 Å². The average Bonchev–Trinajstić information content (AvgIpc) is 2.97. The highest BCUT2D eigenvalue weighted by atomic mass is 31.2. The number of nitrogens with one attached hydrogen (secondary N) is 1. The van der Waals surface area contributed by atoms with E-state index in [9.17, 15) is 9.36 Å². The molecule has 0 unspecified atom stereocenters. The maximum Gasteiger partial charge on any atom is 0.256 e. The molecule has 1 N–H and O–H groups in total. The van der Waals surface area contributed by atoms with Crippen molar-refractivity contribution < 1.29 is 9.36 Å². The molecule has 1 amide bonds. The molecule has 140 valence electrons. The lowest BCUT2D eigenvalue weighted by molar-refractivity contribution is -0.110. The molecule has 3 aromatic carbocycles. The summed E-state index contributed by atoms with van der Waals surface area (Å²) in [5, 5.41) is 3.83. The third kappa shape index (κ3) is 3.46. The summed E-state index contributed by atoms with van der Waals surface area (Å²) in [4.78, 5) is 12.6. The van der Waals surface area contributed by atoms with Crippen LogP contribution in [0.25, 0.3) is 22.8 Å². The molecule has 1 heterocycles. The standard InChI is InChI=1S/C24H22NO2P/c1-16-9-10-17(14-23(16)28(2,3)27)13-21-20-12-11-19(15-22(20)25-24(21)26)18-7-5-4-6-8-18/h4-15H,1-3H3,(H,25,26). The van der Waals surface area contributed by atoms with Crippen molar-refractivity contribution in [1.82, 2.24) is 0 Å². The topological polar surface area (TPSA) is 46.2 Å². The fraction of sp³-hybridized carbons (Fsp3) is 0.125. The zero-order valence-corrected chi connectivity index (χ0v) is 17.1. The number of fused-ring (bicyclic) bond motifs is 1. The number of anilines is 1. The number of aryl methyl sites for hydroxylation is 1. The Balaban J connectivity index is 1.76. The number of benzene rings is 3. The van der Waals surface area contributed by atoms with Gasteiger partial charge in [-0.1, -0.05) is 54.6 Å². The largest absolute Gasteiger partial charge is 0.321 e. The van der Waals surface area contributed by atoms with E-state index in [2.05, 4.69) is 17.4 Å². The van der Waals surface area contributed by atoms with E-state index >= 15 is 0 Å². The van der Waals surface area contributed by atoms with Gasteiger partial charge in [0, 0.05) is 22.1 Å². The first-order chi connectivity index (χ1) is 13.3. The van der Waals surface area contributed by atoms with Crippen LogP contribution in [0, 0.1) is 6.92 Å². The van der Waals surface area contributed by atoms with Gasteiger partial charge in [0.05, 0.1) is 0 Å². The van der Waals surface area contributed by atoms with E-state index in [1.807, 2.05) is 67.6 Å². The molecule has 0 bridgehead atoms. The lowest BCUT2D eigenvalue weighted by atomic mass is 9.99. The zero-order chi connectivity index (χ0) is 19.9. The molecule has 4 rings (SSSR count). The average molecular weight is 387 g/mol. The summed E-state index contributed by atoms with van der Waals surface area (Å²) >= 11 is 0. The second-order valence-electron chi connectivity index (χ2n) is 7.54. The van der Waals surface area contributed by atoms with Gasteiger partial charge in [-0.05, 0) is 60.7 Å². The molecule has 1 aliphatic rings. The van der Waals surface area contributed by atoms with E-state index in [1.54, 1.807) is 13.3 Å². The number of hydrogen-bond donors (Lipinski definition) is 1. The Morgan fingerprint density at radius 3 is 2.36 bits per heavy atom. The van der Waals surface area contributed by atoms with E-state index in [1.165, 1.54) is 0 Å². The summed E-state index contributed by atoms with van der Waals surface area (Å²) in [5.74, 6) is -0.112. The van der Waals surface area contributed by atoms with E-state index in [0.717, 1.165) is 38.8 Å². The van der Waals surface area contributed by atoms with Crippen molar-refractivity contribution in [1.29, 1.82) is 0 Å². The maximum absolute atomic E-state index is 12.6. The van der Waals surface area contributed by atoms with Crippen LogP contribution < -0.4 is 10.6 Å². The van der Waals surface area contributed by atoms with Crippen LogP contribution in [0.15, 0.2) is 66.7 Å². The lowest BCUT2D eigenvalue weighted by Crippen LogP contribution is -2.08. The molecule has 28 heavy (non-hydrogen) atoms. The Kier molecular flexibility index (Phi) is 4.56. The van der Waals surface area contributed by atoms with E-state index in [4.69, 9.17) is 0 Å². The van der Waals surface area contributed by atoms with Crippen LogP contribution in [-0.4, -0.2) is 19.2 Å². The third-order valence-corrected chi connectivity index (χ3v) is 6.68. The Labute approximate surface area is 165 Å². The summed E-state index contributed by atoms with van der Waals surface area (Å²) in [7, 11) is -2.38. The van der Waals surface area contributed by atoms with Gasteiger partial charge in [-0.25, -0.2) is 0 Å². The van der Waals surface area contributed by atoms with Crippen molar-refractivity contribution >= 4 is 35.7 Å². The maximum atomic E-state index is 12.6. The SMILES string of the molecule is Cc1ccc(C=C2C(=O)Nc3cc(-c4ccccc4)ccc32)cc1P(C)(C)=O. The second-order valence-corrected chi connectivity index (χ2v) is 10.7. The number of carbonyl (C=O) groups is 1. The van der Waals surface area contributed by atoms with Crippen LogP contribution in [-0.2, 0) is 9.36 Å². The minimum atomic E-state index is -2.38. The van der Waals surface area contributed by atoms with Gasteiger partial charge in [-0.15, -0.1) is 0 Å². The van der Waals surface area contributed by atoms with Crippen LogP contribution in [0.4, 0.5) is 5.69 Å². The van der Waals surface area contributed by atoms with Gasteiger partial charge in [0.2, 0.25) is 0 Å². The van der Waals surface area contributed by atoms with Crippen molar-refractivity contribution in [3.8, 4) is 11.1 Å². The molecule has 0 atom stereocenters. The summed E-state index contributed by atoms with van der Waals surface area (Å²) in [6.45, 7) is 5.51. The van der Waals surface area contributed by atoms with Crippen molar-refractivity contribution in [2.24, 2.45) is 0 Å². The van der Waals surface area contributed by atoms with Gasteiger partial charge in [0.25, 0.3) is 5.91 Å². The Hall–Kier alpha value is -2.90. The molecular formula is C24H22NO2P. The first-order valence-corrected chi connectivity index (χ1v) is 11.8. The Morgan fingerprint density at radius 2 is 1.64 bits per heavy atom. The molecule has 3 nitrogen and oxygen atoms in total. The molecule has 1 aliphatic heterocycles. The molecule has 0 radical (unpaired) electrons. The summed E-state index contributed by atoms with van der Waals surface area (Å²) in [5.41, 5.74) is 6.42. The Morgan fingerprint density at radius 1 is 0.893 bits per heavy atom. The van der Waals surface area contributed by atoms with E-state index in [0.29, 0.717) is 5.57 Å². The first kappa shape index (κ1) is 18.5. The molecule has 0 spiro atoms. The summed E-state index contributed by atoms with van der Waals surface area (Å²) in [6, 6.07) is 22.0. The fourth-order valence-electron chi connectivity index (χ4n) is 3.61. The van der Waals surface area contributed by atoms with Crippen LogP contribution in [0.3, 0.4) is 0 Å². The zero-order valence-electron chi connectivity index (χ0n) is 16.2. The number of carbonyl (C=O) groups excluding carboxylic acids is 1. The van der Waals surface area contributed by atoms with E-state index < -0.39 is 7.14 Å². The van der Waals surface area contributed by atoms with Gasteiger partial charge in [0.15, 0.2) is 0 Å². The molecule has 0 saturated heterocycles. The van der Waals surface area contributed by atoms with Crippen molar-refractivity contribution in [2.45, 2.75) is 6.92 Å². The predicted molar refractivity (Wildman–Crippen MR) is 119 cm³/mol. The van der Waals surface area contributed by atoms with Crippen LogP contribution >= 0.6 is 7.14 Å². The van der Waals surface area contributed by atoms with Crippen LogP contribution in [0.2, 0.25) is 0 Å². The monoisotopic (exact) mass is 387 g/mol. The molecule has 4 heteroatoms. The molecule has 0 aliphatic carbocycles. The number of amides is 1. The molecule has 0 aromatic heterocycles. The van der Waals surface area contributed by atoms with Gasteiger partial charge in [0.1, 0.15) is 7.14 Å². The van der Waals surface area contributed by atoms with Gasteiger partial charge < -0.3 is 9.88 Å². The second kappa shape index (κ2) is 6.92.